The fourth-order valence-electron chi connectivity index (χ4n) is 1.30. The highest BCUT2D eigenvalue weighted by atomic mass is 16.3. The number of nitrogens with one attached hydrogen (secondary N) is 1. The SMILES string of the molecule is O=C(Nc1ccncc1)c1ccc(O)c(O)c1. The second-order valence-electron chi connectivity index (χ2n) is 3.39. The first-order chi connectivity index (χ1) is 8.16. The maximum Gasteiger partial charge on any atom is 0.255 e. The third kappa shape index (κ3) is 2.52. The largest absolute Gasteiger partial charge is 0.504 e. The van der Waals surface area contributed by atoms with Gasteiger partial charge in [-0.3, -0.25) is 9.78 Å². The van der Waals surface area contributed by atoms with Crippen molar-refractivity contribution in [1.29, 1.82) is 0 Å². The fourth-order valence-corrected chi connectivity index (χ4v) is 1.30. The molecule has 0 spiro atoms. The summed E-state index contributed by atoms with van der Waals surface area (Å²) in [5.74, 6) is -0.954. The second-order valence-corrected chi connectivity index (χ2v) is 3.39. The van der Waals surface area contributed by atoms with E-state index in [0.29, 0.717) is 5.69 Å². The van der Waals surface area contributed by atoms with Gasteiger partial charge in [0.1, 0.15) is 0 Å². The van der Waals surface area contributed by atoms with Crippen LogP contribution in [0.4, 0.5) is 5.69 Å². The van der Waals surface area contributed by atoms with Gasteiger partial charge in [0.15, 0.2) is 11.5 Å². The van der Waals surface area contributed by atoms with Crippen LogP contribution >= 0.6 is 0 Å². The van der Waals surface area contributed by atoms with Crippen LogP contribution in [0.5, 0.6) is 11.5 Å². The minimum Gasteiger partial charge on any atom is -0.504 e. The zero-order valence-corrected chi connectivity index (χ0v) is 8.79. The molecule has 0 saturated heterocycles. The van der Waals surface area contributed by atoms with E-state index in [1.54, 1.807) is 24.5 Å². The first-order valence-electron chi connectivity index (χ1n) is 4.90. The van der Waals surface area contributed by atoms with Crippen LogP contribution in [0.1, 0.15) is 10.4 Å². The van der Waals surface area contributed by atoms with E-state index < -0.39 is 0 Å². The monoisotopic (exact) mass is 230 g/mol. The molecule has 3 N–H and O–H groups in total. The van der Waals surface area contributed by atoms with Gasteiger partial charge in [-0.15, -0.1) is 0 Å². The molecule has 2 rings (SSSR count). The Labute approximate surface area is 97.4 Å². The van der Waals surface area contributed by atoms with Crippen LogP contribution in [0, 0.1) is 0 Å². The van der Waals surface area contributed by atoms with Crippen LogP contribution in [0.25, 0.3) is 0 Å². The summed E-state index contributed by atoms with van der Waals surface area (Å²) in [7, 11) is 0. The van der Waals surface area contributed by atoms with Crippen LogP contribution in [-0.4, -0.2) is 21.1 Å². The van der Waals surface area contributed by atoms with E-state index in [4.69, 9.17) is 5.11 Å². The Kier molecular flexibility index (Phi) is 2.91. The van der Waals surface area contributed by atoms with E-state index in [-0.39, 0.29) is 23.0 Å². The lowest BCUT2D eigenvalue weighted by Gasteiger charge is -2.05. The minimum absolute atomic E-state index is 0.259. The maximum atomic E-state index is 11.8. The van der Waals surface area contributed by atoms with Gasteiger partial charge >= 0.3 is 0 Å². The third-order valence-electron chi connectivity index (χ3n) is 2.18. The van der Waals surface area contributed by atoms with Gasteiger partial charge in [-0.2, -0.15) is 0 Å². The van der Waals surface area contributed by atoms with Gasteiger partial charge in [0.25, 0.3) is 5.91 Å². The number of anilines is 1. The van der Waals surface area contributed by atoms with Gasteiger partial charge in [-0.1, -0.05) is 0 Å². The molecule has 0 radical (unpaired) electrons. The zero-order valence-electron chi connectivity index (χ0n) is 8.79. The van der Waals surface area contributed by atoms with E-state index in [1.165, 1.54) is 18.2 Å². The van der Waals surface area contributed by atoms with Gasteiger partial charge in [-0.05, 0) is 30.3 Å². The van der Waals surface area contributed by atoms with Crippen LogP contribution in [0.2, 0.25) is 0 Å². The van der Waals surface area contributed by atoms with Crippen molar-refractivity contribution >= 4 is 11.6 Å². The molecule has 2 aromatic rings. The number of hydrogen-bond acceptors (Lipinski definition) is 4. The highest BCUT2D eigenvalue weighted by molar-refractivity contribution is 6.04. The number of benzene rings is 1. The molecule has 0 bridgehead atoms. The minimum atomic E-state index is -0.369. The molecule has 1 aromatic carbocycles. The molecule has 0 unspecified atom stereocenters. The number of pyridine rings is 1. The molecule has 0 aliphatic rings. The summed E-state index contributed by atoms with van der Waals surface area (Å²) in [5.41, 5.74) is 0.870. The maximum absolute atomic E-state index is 11.8. The van der Waals surface area contributed by atoms with E-state index in [9.17, 15) is 9.90 Å². The molecule has 5 heteroatoms. The van der Waals surface area contributed by atoms with Crippen LogP contribution in [0.15, 0.2) is 42.7 Å². The molecular weight excluding hydrogens is 220 g/mol. The number of hydrogen-bond donors (Lipinski definition) is 3. The highest BCUT2D eigenvalue weighted by Crippen LogP contribution is 2.25. The molecule has 1 heterocycles. The number of phenols is 2. The first kappa shape index (κ1) is 10.9. The summed E-state index contributed by atoms with van der Waals surface area (Å²) in [4.78, 5) is 15.6. The predicted octanol–water partition coefficient (Wildman–Crippen LogP) is 1.75. The number of aromatic nitrogens is 1. The van der Waals surface area contributed by atoms with Crippen LogP contribution in [0.3, 0.4) is 0 Å². The van der Waals surface area contributed by atoms with Crippen molar-refractivity contribution < 1.29 is 15.0 Å². The quantitative estimate of drug-likeness (QED) is 0.686. The molecule has 0 atom stereocenters. The van der Waals surface area contributed by atoms with E-state index in [0.717, 1.165) is 0 Å². The summed E-state index contributed by atoms with van der Waals surface area (Å²) < 4.78 is 0. The number of phenolic OH excluding ortho intramolecular Hbond substituents is 2. The molecule has 1 amide bonds. The van der Waals surface area contributed by atoms with Crippen molar-refractivity contribution in [3.8, 4) is 11.5 Å². The third-order valence-corrected chi connectivity index (χ3v) is 2.18. The summed E-state index contributed by atoms with van der Waals surface area (Å²) in [6, 6.07) is 7.19. The lowest BCUT2D eigenvalue weighted by atomic mass is 10.2. The summed E-state index contributed by atoms with van der Waals surface area (Å²) in [5, 5.41) is 21.0. The number of amides is 1. The first-order valence-corrected chi connectivity index (χ1v) is 4.90. The van der Waals surface area contributed by atoms with Crippen molar-refractivity contribution in [2.24, 2.45) is 0 Å². The van der Waals surface area contributed by atoms with Crippen molar-refractivity contribution in [2.75, 3.05) is 5.32 Å². The molecule has 0 aliphatic carbocycles. The Balaban J connectivity index is 2.18. The number of rotatable bonds is 2. The van der Waals surface area contributed by atoms with Gasteiger partial charge in [0, 0.05) is 23.6 Å². The standard InChI is InChI=1S/C12H10N2O3/c15-10-2-1-8(7-11(10)16)12(17)14-9-3-5-13-6-4-9/h1-7,15-16H,(H,13,14,17). The van der Waals surface area contributed by atoms with Crippen molar-refractivity contribution in [3.05, 3.63) is 48.3 Å². The molecule has 5 nitrogen and oxygen atoms in total. The average molecular weight is 230 g/mol. The van der Waals surface area contributed by atoms with Crippen molar-refractivity contribution in [3.63, 3.8) is 0 Å². The predicted molar refractivity (Wildman–Crippen MR) is 62.0 cm³/mol. The van der Waals surface area contributed by atoms with Crippen LogP contribution in [-0.2, 0) is 0 Å². The molecule has 0 fully saturated rings. The molecule has 86 valence electrons. The van der Waals surface area contributed by atoms with Crippen molar-refractivity contribution in [1.82, 2.24) is 4.98 Å². The van der Waals surface area contributed by atoms with Crippen LogP contribution < -0.4 is 5.32 Å². The summed E-state index contributed by atoms with van der Waals surface area (Å²) in [6.45, 7) is 0. The Bertz CT molecular complexity index is 541. The summed E-state index contributed by atoms with van der Waals surface area (Å²) >= 11 is 0. The average Bonchev–Trinajstić information content (AvgIpc) is 2.34. The van der Waals surface area contributed by atoms with Gasteiger partial charge in [0.2, 0.25) is 0 Å². The number of nitrogens with zero attached hydrogens (tertiary/aromatic N) is 1. The molecule has 17 heavy (non-hydrogen) atoms. The Morgan fingerprint density at radius 3 is 2.41 bits per heavy atom. The Hall–Kier alpha value is -2.56. The zero-order chi connectivity index (χ0) is 12.3. The molecule has 0 aliphatic heterocycles. The van der Waals surface area contributed by atoms with Crippen molar-refractivity contribution in [2.45, 2.75) is 0 Å². The summed E-state index contributed by atoms with van der Waals surface area (Å²) in [6.07, 6.45) is 3.12. The number of carbonyl (C=O) groups is 1. The number of carbonyl (C=O) groups excluding carboxylic acids is 1. The number of aromatic hydroxyl groups is 2. The lowest BCUT2D eigenvalue weighted by molar-refractivity contribution is 0.102. The van der Waals surface area contributed by atoms with E-state index in [2.05, 4.69) is 10.3 Å². The Morgan fingerprint density at radius 2 is 1.76 bits per heavy atom. The highest BCUT2D eigenvalue weighted by Gasteiger charge is 2.08. The molecule has 0 saturated carbocycles. The van der Waals surface area contributed by atoms with E-state index in [1.807, 2.05) is 0 Å². The molecule has 1 aromatic heterocycles. The van der Waals surface area contributed by atoms with Gasteiger partial charge < -0.3 is 15.5 Å². The molecular formula is C12H10N2O3. The van der Waals surface area contributed by atoms with Gasteiger partial charge in [-0.25, -0.2) is 0 Å². The normalized spacial score (nSPS) is 9.88. The Morgan fingerprint density at radius 1 is 1.06 bits per heavy atom. The smallest absolute Gasteiger partial charge is 0.255 e. The fraction of sp³-hybridized carbons (Fsp3) is 0. The lowest BCUT2D eigenvalue weighted by Crippen LogP contribution is -2.11. The topological polar surface area (TPSA) is 82.5 Å². The second kappa shape index (κ2) is 4.52. The van der Waals surface area contributed by atoms with Gasteiger partial charge in [0.05, 0.1) is 0 Å². The van der Waals surface area contributed by atoms with E-state index >= 15 is 0 Å².